The van der Waals surface area contributed by atoms with E-state index in [1.807, 2.05) is 20.0 Å². The lowest BCUT2D eigenvalue weighted by molar-refractivity contribution is 0.201. The Kier molecular flexibility index (Phi) is 3.78. The lowest BCUT2D eigenvalue weighted by atomic mass is 10.2. The molecule has 16 heavy (non-hydrogen) atoms. The van der Waals surface area contributed by atoms with Crippen LogP contribution >= 0.6 is 0 Å². The number of nitrogens with zero attached hydrogens (tertiary/aromatic N) is 1. The Labute approximate surface area is 97.2 Å². The topological polar surface area (TPSA) is 34.1 Å². The number of ether oxygens (including phenoxy) is 1. The molecule has 1 aromatic rings. The smallest absolute Gasteiger partial charge is 0.213 e. The van der Waals surface area contributed by atoms with Crippen LogP contribution in [0.3, 0.4) is 0 Å². The van der Waals surface area contributed by atoms with Crippen LogP contribution in [-0.4, -0.2) is 18.1 Å². The maximum absolute atomic E-state index is 5.86. The second-order valence-corrected chi connectivity index (χ2v) is 4.45. The lowest BCUT2D eigenvalue weighted by Gasteiger charge is -2.13. The monoisotopic (exact) mass is 220 g/mol. The Morgan fingerprint density at radius 3 is 2.75 bits per heavy atom. The molecule has 88 valence electrons. The van der Waals surface area contributed by atoms with E-state index in [0.29, 0.717) is 6.10 Å². The van der Waals surface area contributed by atoms with Gasteiger partial charge in [0.15, 0.2) is 0 Å². The molecule has 0 spiro atoms. The van der Waals surface area contributed by atoms with Gasteiger partial charge in [0.1, 0.15) is 6.10 Å². The average molecular weight is 220 g/mol. The number of pyridine rings is 1. The summed E-state index contributed by atoms with van der Waals surface area (Å²) in [6, 6.07) is 4.08. The van der Waals surface area contributed by atoms with Gasteiger partial charge in [-0.3, -0.25) is 0 Å². The molecular weight excluding hydrogens is 200 g/mol. The Bertz CT molecular complexity index is 346. The lowest BCUT2D eigenvalue weighted by Crippen LogP contribution is -2.13. The molecular formula is C13H20N2O. The first-order valence-corrected chi connectivity index (χ1v) is 6.07. The third-order valence-corrected chi connectivity index (χ3v) is 3.13. The standard InChI is InChI=1S/C13H20N2O/c1-10-11(9-14-2)7-8-13(15-10)16-12-5-3-4-6-12/h7-8,12,14H,3-6,9H2,1-2H3. The molecule has 0 saturated heterocycles. The number of hydrogen-bond donors (Lipinski definition) is 1. The molecule has 0 unspecified atom stereocenters. The maximum atomic E-state index is 5.86. The van der Waals surface area contributed by atoms with E-state index in [-0.39, 0.29) is 0 Å². The second kappa shape index (κ2) is 5.30. The van der Waals surface area contributed by atoms with Crippen molar-refractivity contribution in [3.05, 3.63) is 23.4 Å². The third kappa shape index (κ3) is 2.73. The van der Waals surface area contributed by atoms with Gasteiger partial charge in [0, 0.05) is 18.3 Å². The summed E-state index contributed by atoms with van der Waals surface area (Å²) in [5, 5.41) is 3.14. The highest BCUT2D eigenvalue weighted by Crippen LogP contribution is 2.23. The van der Waals surface area contributed by atoms with E-state index in [2.05, 4.69) is 16.4 Å². The molecule has 3 nitrogen and oxygen atoms in total. The molecule has 1 aliphatic carbocycles. The maximum Gasteiger partial charge on any atom is 0.213 e. The van der Waals surface area contributed by atoms with E-state index < -0.39 is 0 Å². The molecule has 1 aromatic heterocycles. The van der Waals surface area contributed by atoms with E-state index in [0.717, 1.165) is 18.1 Å². The fourth-order valence-electron chi connectivity index (χ4n) is 2.19. The number of hydrogen-bond acceptors (Lipinski definition) is 3. The van der Waals surface area contributed by atoms with Gasteiger partial charge < -0.3 is 10.1 Å². The molecule has 0 radical (unpaired) electrons. The van der Waals surface area contributed by atoms with Crippen molar-refractivity contribution in [3.8, 4) is 5.88 Å². The molecule has 0 aromatic carbocycles. The number of nitrogens with one attached hydrogen (secondary N) is 1. The zero-order chi connectivity index (χ0) is 11.4. The first-order valence-electron chi connectivity index (χ1n) is 6.07. The molecule has 1 heterocycles. The predicted octanol–water partition coefficient (Wildman–Crippen LogP) is 2.43. The molecule has 0 bridgehead atoms. The molecule has 3 heteroatoms. The summed E-state index contributed by atoms with van der Waals surface area (Å²) in [7, 11) is 1.95. The van der Waals surface area contributed by atoms with Crippen molar-refractivity contribution in [3.63, 3.8) is 0 Å². The van der Waals surface area contributed by atoms with E-state index in [1.165, 1.54) is 31.2 Å². The molecule has 1 aliphatic rings. The van der Waals surface area contributed by atoms with Crippen molar-refractivity contribution in [2.45, 2.75) is 45.3 Å². The van der Waals surface area contributed by atoms with Crippen LogP contribution in [0, 0.1) is 6.92 Å². The van der Waals surface area contributed by atoms with Crippen molar-refractivity contribution in [1.82, 2.24) is 10.3 Å². The van der Waals surface area contributed by atoms with E-state index >= 15 is 0 Å². The number of aromatic nitrogens is 1. The fourth-order valence-corrected chi connectivity index (χ4v) is 2.19. The number of rotatable bonds is 4. The quantitative estimate of drug-likeness (QED) is 0.846. The van der Waals surface area contributed by atoms with Crippen LogP contribution < -0.4 is 10.1 Å². The van der Waals surface area contributed by atoms with Gasteiger partial charge in [0.2, 0.25) is 5.88 Å². The molecule has 1 N–H and O–H groups in total. The summed E-state index contributed by atoms with van der Waals surface area (Å²) in [5.41, 5.74) is 2.30. The third-order valence-electron chi connectivity index (χ3n) is 3.13. The van der Waals surface area contributed by atoms with Gasteiger partial charge in [-0.05, 0) is 45.2 Å². The van der Waals surface area contributed by atoms with Gasteiger partial charge in [-0.2, -0.15) is 0 Å². The average Bonchev–Trinajstić information content (AvgIpc) is 2.75. The van der Waals surface area contributed by atoms with Crippen molar-refractivity contribution < 1.29 is 4.74 Å². The first-order chi connectivity index (χ1) is 7.79. The van der Waals surface area contributed by atoms with E-state index in [9.17, 15) is 0 Å². The van der Waals surface area contributed by atoms with Crippen LogP contribution in [0.25, 0.3) is 0 Å². The zero-order valence-corrected chi connectivity index (χ0v) is 10.1. The SMILES string of the molecule is CNCc1ccc(OC2CCCC2)nc1C. The van der Waals surface area contributed by atoms with Gasteiger partial charge in [-0.15, -0.1) is 0 Å². The van der Waals surface area contributed by atoms with E-state index in [1.54, 1.807) is 0 Å². The largest absolute Gasteiger partial charge is 0.474 e. The minimum atomic E-state index is 0.391. The molecule has 0 atom stereocenters. The van der Waals surface area contributed by atoms with Crippen LogP contribution in [0.5, 0.6) is 5.88 Å². The van der Waals surface area contributed by atoms with Gasteiger partial charge >= 0.3 is 0 Å². The van der Waals surface area contributed by atoms with Crippen molar-refractivity contribution >= 4 is 0 Å². The van der Waals surface area contributed by atoms with Crippen LogP contribution in [0.1, 0.15) is 36.9 Å². The fraction of sp³-hybridized carbons (Fsp3) is 0.615. The Morgan fingerprint density at radius 1 is 1.38 bits per heavy atom. The van der Waals surface area contributed by atoms with Crippen molar-refractivity contribution in [2.24, 2.45) is 0 Å². The summed E-state index contributed by atoms with van der Waals surface area (Å²) in [6.45, 7) is 2.90. The first kappa shape index (κ1) is 11.4. The van der Waals surface area contributed by atoms with Gasteiger partial charge in [-0.1, -0.05) is 6.07 Å². The van der Waals surface area contributed by atoms with Gasteiger partial charge in [0.25, 0.3) is 0 Å². The molecule has 1 saturated carbocycles. The summed E-state index contributed by atoms with van der Waals surface area (Å²) >= 11 is 0. The highest BCUT2D eigenvalue weighted by Gasteiger charge is 2.17. The van der Waals surface area contributed by atoms with Gasteiger partial charge in [-0.25, -0.2) is 4.98 Å². The summed E-state index contributed by atoms with van der Waals surface area (Å²) in [4.78, 5) is 4.49. The molecule has 2 rings (SSSR count). The Morgan fingerprint density at radius 2 is 2.12 bits per heavy atom. The highest BCUT2D eigenvalue weighted by atomic mass is 16.5. The van der Waals surface area contributed by atoms with Crippen LogP contribution in [0.4, 0.5) is 0 Å². The summed E-state index contributed by atoms with van der Waals surface area (Å²) < 4.78 is 5.86. The minimum Gasteiger partial charge on any atom is -0.474 e. The second-order valence-electron chi connectivity index (χ2n) is 4.45. The molecule has 1 fully saturated rings. The van der Waals surface area contributed by atoms with Crippen molar-refractivity contribution in [1.29, 1.82) is 0 Å². The minimum absolute atomic E-state index is 0.391. The Balaban J connectivity index is 2.02. The van der Waals surface area contributed by atoms with Crippen LogP contribution in [0.2, 0.25) is 0 Å². The zero-order valence-electron chi connectivity index (χ0n) is 10.1. The number of aryl methyl sites for hydroxylation is 1. The van der Waals surface area contributed by atoms with E-state index in [4.69, 9.17) is 4.74 Å². The molecule has 0 amide bonds. The summed E-state index contributed by atoms with van der Waals surface area (Å²) in [6.07, 6.45) is 5.34. The molecule has 0 aliphatic heterocycles. The van der Waals surface area contributed by atoms with Crippen molar-refractivity contribution in [2.75, 3.05) is 7.05 Å². The predicted molar refractivity (Wildman–Crippen MR) is 64.6 cm³/mol. The normalized spacial score (nSPS) is 16.6. The van der Waals surface area contributed by atoms with Gasteiger partial charge in [0.05, 0.1) is 0 Å². The van der Waals surface area contributed by atoms with Crippen LogP contribution in [0.15, 0.2) is 12.1 Å². The van der Waals surface area contributed by atoms with Crippen LogP contribution in [-0.2, 0) is 6.54 Å². The highest BCUT2D eigenvalue weighted by molar-refractivity contribution is 5.25. The summed E-state index contributed by atoms with van der Waals surface area (Å²) in [5.74, 6) is 0.782. The Hall–Kier alpha value is -1.09.